The van der Waals surface area contributed by atoms with Crippen LogP contribution in [-0.4, -0.2) is 29.0 Å². The Kier molecular flexibility index (Phi) is 4.48. The van der Waals surface area contributed by atoms with E-state index in [9.17, 15) is 10.5 Å². The van der Waals surface area contributed by atoms with Crippen molar-refractivity contribution in [1.82, 2.24) is 15.5 Å². The van der Waals surface area contributed by atoms with Gasteiger partial charge in [-0.3, -0.25) is 5.10 Å². The van der Waals surface area contributed by atoms with Crippen LogP contribution in [0.25, 0.3) is 0 Å². The quantitative estimate of drug-likeness (QED) is 0.851. The van der Waals surface area contributed by atoms with Gasteiger partial charge in [-0.25, -0.2) is 4.99 Å². The smallest absolute Gasteiger partial charge is 0.151 e. The summed E-state index contributed by atoms with van der Waals surface area (Å²) in [6.45, 7) is 1.97. The van der Waals surface area contributed by atoms with Gasteiger partial charge in [0.15, 0.2) is 5.82 Å². The van der Waals surface area contributed by atoms with Crippen LogP contribution in [0, 0.1) is 28.6 Å². The minimum absolute atomic E-state index is 0.0495. The summed E-state index contributed by atoms with van der Waals surface area (Å²) in [5, 5.41) is 29.3. The molecule has 2 heterocycles. The minimum Gasteiger partial charge on any atom is -0.312 e. The zero-order valence-electron chi connectivity index (χ0n) is 13.2. The van der Waals surface area contributed by atoms with Crippen LogP contribution in [-0.2, 0) is 0 Å². The first-order valence-corrected chi connectivity index (χ1v) is 8.28. The second-order valence-electron chi connectivity index (χ2n) is 5.63. The summed E-state index contributed by atoms with van der Waals surface area (Å²) in [6.07, 6.45) is 1.71. The molecule has 0 fully saturated rings. The molecule has 1 aromatic carbocycles. The Morgan fingerprint density at radius 1 is 1.33 bits per heavy atom. The third-order valence-electron chi connectivity index (χ3n) is 4.38. The van der Waals surface area contributed by atoms with Gasteiger partial charge in [0.1, 0.15) is 6.07 Å². The van der Waals surface area contributed by atoms with Crippen molar-refractivity contribution >= 4 is 27.5 Å². The summed E-state index contributed by atoms with van der Waals surface area (Å²) in [7, 11) is 1.84. The number of benzene rings is 1. The first-order valence-electron chi connectivity index (χ1n) is 7.49. The van der Waals surface area contributed by atoms with Crippen LogP contribution in [0.5, 0.6) is 0 Å². The highest BCUT2D eigenvalue weighted by Gasteiger charge is 2.38. The number of aromatic nitrogens is 2. The van der Waals surface area contributed by atoms with Gasteiger partial charge < -0.3 is 5.32 Å². The van der Waals surface area contributed by atoms with Crippen molar-refractivity contribution < 1.29 is 0 Å². The van der Waals surface area contributed by atoms with E-state index >= 15 is 0 Å². The molecular weight excluding hydrogens is 368 g/mol. The molecule has 7 heteroatoms. The zero-order valence-corrected chi connectivity index (χ0v) is 14.8. The highest BCUT2D eigenvalue weighted by Crippen LogP contribution is 2.44. The summed E-state index contributed by atoms with van der Waals surface area (Å²) < 4.78 is 0.711. The predicted molar refractivity (Wildman–Crippen MR) is 94.0 cm³/mol. The fourth-order valence-electron chi connectivity index (χ4n) is 3.03. The normalized spacial score (nSPS) is 20.5. The van der Waals surface area contributed by atoms with E-state index in [0.717, 1.165) is 16.8 Å². The molecular formula is C17H15BrN6. The standard InChI is InChI=1S/C17H15BrN6/c1-9(21-2)16-12(7-20)14(13-8-22-24-17(13)23-16)11-5-3-4-10(6-19)15(11)18/h3-5,8-9,12,14,21H,1-2H3,(H,22,24). The Morgan fingerprint density at radius 3 is 2.79 bits per heavy atom. The largest absolute Gasteiger partial charge is 0.312 e. The molecule has 3 rings (SSSR count). The van der Waals surface area contributed by atoms with Crippen molar-refractivity contribution in [3.63, 3.8) is 0 Å². The van der Waals surface area contributed by atoms with Crippen LogP contribution < -0.4 is 5.32 Å². The predicted octanol–water partition coefficient (Wildman–Crippen LogP) is 3.01. The SMILES string of the molecule is CNC(C)C1=Nc2[nH]ncc2C(c2cccc(C#N)c2Br)C1C#N. The Morgan fingerprint density at radius 2 is 2.12 bits per heavy atom. The zero-order chi connectivity index (χ0) is 17.3. The number of fused-ring (bicyclic) bond motifs is 1. The molecule has 0 amide bonds. The molecule has 0 radical (unpaired) electrons. The lowest BCUT2D eigenvalue weighted by Crippen LogP contribution is -2.39. The lowest BCUT2D eigenvalue weighted by molar-refractivity contribution is 0.655. The van der Waals surface area contributed by atoms with Crippen LogP contribution in [0.4, 0.5) is 5.82 Å². The van der Waals surface area contributed by atoms with Crippen LogP contribution in [0.2, 0.25) is 0 Å². The third-order valence-corrected chi connectivity index (χ3v) is 5.26. The Bertz CT molecular complexity index is 885. The van der Waals surface area contributed by atoms with Crippen LogP contribution in [0.3, 0.4) is 0 Å². The minimum atomic E-state index is -0.442. The molecule has 1 aliphatic rings. The number of hydrogen-bond donors (Lipinski definition) is 2. The molecule has 120 valence electrons. The average Bonchev–Trinajstić information content (AvgIpc) is 3.08. The monoisotopic (exact) mass is 382 g/mol. The van der Waals surface area contributed by atoms with E-state index < -0.39 is 5.92 Å². The maximum absolute atomic E-state index is 9.85. The molecule has 24 heavy (non-hydrogen) atoms. The topological polar surface area (TPSA) is 101 Å². The number of H-pyrrole nitrogens is 1. The maximum atomic E-state index is 9.85. The summed E-state index contributed by atoms with van der Waals surface area (Å²) >= 11 is 3.53. The van der Waals surface area contributed by atoms with E-state index in [1.54, 1.807) is 12.3 Å². The number of nitrogens with one attached hydrogen (secondary N) is 2. The molecule has 2 N–H and O–H groups in total. The summed E-state index contributed by atoms with van der Waals surface area (Å²) in [5.74, 6) is -0.0182. The van der Waals surface area contributed by atoms with Crippen molar-refractivity contribution in [3.05, 3.63) is 45.6 Å². The van der Waals surface area contributed by atoms with Crippen molar-refractivity contribution in [2.75, 3.05) is 7.05 Å². The van der Waals surface area contributed by atoms with Crippen molar-refractivity contribution in [1.29, 1.82) is 10.5 Å². The van der Waals surface area contributed by atoms with Gasteiger partial charge in [-0.1, -0.05) is 12.1 Å². The number of aliphatic imine (C=N–C) groups is 1. The average molecular weight is 383 g/mol. The van der Waals surface area contributed by atoms with E-state index in [1.165, 1.54) is 0 Å². The van der Waals surface area contributed by atoms with Crippen molar-refractivity contribution in [3.8, 4) is 12.1 Å². The number of aromatic amines is 1. The van der Waals surface area contributed by atoms with E-state index in [2.05, 4.69) is 48.6 Å². The molecule has 0 bridgehead atoms. The summed E-state index contributed by atoms with van der Waals surface area (Å²) in [4.78, 5) is 4.61. The van der Waals surface area contributed by atoms with Gasteiger partial charge in [0.2, 0.25) is 0 Å². The van der Waals surface area contributed by atoms with Gasteiger partial charge in [-0.15, -0.1) is 0 Å². The van der Waals surface area contributed by atoms with Crippen LogP contribution in [0.1, 0.15) is 29.5 Å². The van der Waals surface area contributed by atoms with E-state index in [4.69, 9.17) is 0 Å². The van der Waals surface area contributed by atoms with Gasteiger partial charge >= 0.3 is 0 Å². The molecule has 0 aliphatic carbocycles. The van der Waals surface area contributed by atoms with Crippen molar-refractivity contribution in [2.45, 2.75) is 18.9 Å². The summed E-state index contributed by atoms with van der Waals surface area (Å²) in [6, 6.07) is 10.0. The second kappa shape index (κ2) is 6.56. The number of halogens is 1. The molecule has 0 saturated carbocycles. The van der Waals surface area contributed by atoms with Gasteiger partial charge in [0.25, 0.3) is 0 Å². The van der Waals surface area contributed by atoms with Crippen molar-refractivity contribution in [2.24, 2.45) is 10.9 Å². The van der Waals surface area contributed by atoms with E-state index in [1.807, 2.05) is 26.1 Å². The van der Waals surface area contributed by atoms with E-state index in [0.29, 0.717) is 15.9 Å². The van der Waals surface area contributed by atoms with Gasteiger partial charge in [-0.05, 0) is 41.5 Å². The Balaban J connectivity index is 2.23. The van der Waals surface area contributed by atoms with Gasteiger partial charge in [-0.2, -0.15) is 15.6 Å². The first kappa shape index (κ1) is 16.4. The lowest BCUT2D eigenvalue weighted by Gasteiger charge is -2.30. The molecule has 3 atom stereocenters. The number of hydrogen-bond acceptors (Lipinski definition) is 5. The van der Waals surface area contributed by atoms with Gasteiger partial charge in [0, 0.05) is 22.0 Å². The second-order valence-corrected chi connectivity index (χ2v) is 6.42. The van der Waals surface area contributed by atoms with E-state index in [-0.39, 0.29) is 12.0 Å². The number of nitriles is 2. The van der Waals surface area contributed by atoms with Crippen LogP contribution in [0.15, 0.2) is 33.9 Å². The number of nitrogens with zero attached hydrogens (tertiary/aromatic N) is 4. The molecule has 2 aromatic rings. The molecule has 6 nitrogen and oxygen atoms in total. The molecule has 3 unspecified atom stereocenters. The molecule has 1 aromatic heterocycles. The Hall–Kier alpha value is -2.48. The third kappa shape index (κ3) is 2.52. The lowest BCUT2D eigenvalue weighted by atomic mass is 9.76. The fourth-order valence-corrected chi connectivity index (χ4v) is 3.63. The molecule has 0 saturated heterocycles. The van der Waals surface area contributed by atoms with Crippen LogP contribution >= 0.6 is 15.9 Å². The Labute approximate surface area is 148 Å². The fraction of sp³-hybridized carbons (Fsp3) is 0.294. The highest BCUT2D eigenvalue weighted by molar-refractivity contribution is 9.10. The highest BCUT2D eigenvalue weighted by atomic mass is 79.9. The molecule has 0 spiro atoms. The first-order chi connectivity index (χ1) is 11.6. The number of rotatable bonds is 3. The molecule has 1 aliphatic heterocycles. The van der Waals surface area contributed by atoms with Gasteiger partial charge in [0.05, 0.1) is 29.5 Å². The maximum Gasteiger partial charge on any atom is 0.151 e. The summed E-state index contributed by atoms with van der Waals surface area (Å²) in [5.41, 5.74) is 3.05.